The SMILES string of the molecule is CCc1ccc2c(c1)[C@@H](NC[C@@H](O)[C@H](Cc1ccccc1)NC(=O)c1ccno1)CC1(CCC1)O2. The minimum absolute atomic E-state index is 0.0857. The van der Waals surface area contributed by atoms with E-state index in [2.05, 4.69) is 40.9 Å². The smallest absolute Gasteiger partial charge is 0.290 e. The van der Waals surface area contributed by atoms with Gasteiger partial charge in [0.05, 0.1) is 18.3 Å². The van der Waals surface area contributed by atoms with Gasteiger partial charge in [0, 0.05) is 30.6 Å². The highest BCUT2D eigenvalue weighted by Crippen LogP contribution is 2.49. The second kappa shape index (κ2) is 10.2. The standard InChI is InChI=1S/C28H33N3O4/c1-2-19-9-10-25-21(15-19)23(17-28(34-25)12-6-13-28)29-18-24(32)22(16-20-7-4-3-5-8-20)31-27(33)26-11-14-30-35-26/h3-5,7-11,14-15,22-24,29,32H,2,6,12-13,16-18H2,1H3,(H,31,33)/t22-,23-,24+/m0/s1. The highest BCUT2D eigenvalue weighted by atomic mass is 16.5. The fraction of sp³-hybridized carbons (Fsp3) is 0.429. The molecule has 1 amide bonds. The number of carbonyl (C=O) groups is 1. The Kier molecular flexibility index (Phi) is 6.88. The largest absolute Gasteiger partial charge is 0.487 e. The van der Waals surface area contributed by atoms with Crippen molar-refractivity contribution in [3.63, 3.8) is 0 Å². The molecule has 0 saturated heterocycles. The van der Waals surface area contributed by atoms with Crippen molar-refractivity contribution in [3.8, 4) is 5.75 Å². The van der Waals surface area contributed by atoms with Gasteiger partial charge < -0.3 is 25.0 Å². The van der Waals surface area contributed by atoms with Crippen molar-refractivity contribution in [2.75, 3.05) is 6.54 Å². The summed E-state index contributed by atoms with van der Waals surface area (Å²) in [5.74, 6) is 0.681. The van der Waals surface area contributed by atoms with Gasteiger partial charge in [0.25, 0.3) is 5.91 Å². The molecule has 1 spiro atoms. The normalized spacial score (nSPS) is 19.8. The number of benzene rings is 2. The molecule has 1 fully saturated rings. The van der Waals surface area contributed by atoms with E-state index in [0.29, 0.717) is 13.0 Å². The van der Waals surface area contributed by atoms with E-state index in [0.717, 1.165) is 42.6 Å². The molecule has 35 heavy (non-hydrogen) atoms. The molecule has 2 heterocycles. The van der Waals surface area contributed by atoms with Crippen molar-refractivity contribution < 1.29 is 19.2 Å². The zero-order chi connectivity index (χ0) is 24.3. The molecule has 0 unspecified atom stereocenters. The van der Waals surface area contributed by atoms with Crippen LogP contribution in [0.5, 0.6) is 5.75 Å². The van der Waals surface area contributed by atoms with Crippen LogP contribution in [-0.2, 0) is 12.8 Å². The van der Waals surface area contributed by atoms with E-state index in [1.165, 1.54) is 24.2 Å². The second-order valence-electron chi connectivity index (χ2n) is 9.74. The molecule has 5 rings (SSSR count). The molecule has 1 aliphatic carbocycles. The highest BCUT2D eigenvalue weighted by molar-refractivity contribution is 5.91. The van der Waals surface area contributed by atoms with Crippen molar-refractivity contribution in [2.45, 2.75) is 69.2 Å². The van der Waals surface area contributed by atoms with Gasteiger partial charge in [-0.1, -0.05) is 54.5 Å². The van der Waals surface area contributed by atoms with Gasteiger partial charge in [-0.05, 0) is 49.3 Å². The van der Waals surface area contributed by atoms with E-state index in [9.17, 15) is 9.90 Å². The van der Waals surface area contributed by atoms with Gasteiger partial charge in [-0.25, -0.2) is 0 Å². The molecule has 2 aliphatic rings. The Labute approximate surface area is 205 Å². The Balaban J connectivity index is 1.32. The highest BCUT2D eigenvalue weighted by Gasteiger charge is 2.45. The summed E-state index contributed by atoms with van der Waals surface area (Å²) in [6.45, 7) is 2.49. The van der Waals surface area contributed by atoms with Crippen LogP contribution in [0.1, 0.15) is 65.9 Å². The molecule has 2 aromatic carbocycles. The summed E-state index contributed by atoms with van der Waals surface area (Å²) >= 11 is 0. The Bertz CT molecular complexity index is 1130. The van der Waals surface area contributed by atoms with Crippen LogP contribution in [0.25, 0.3) is 0 Å². The number of amides is 1. The number of carbonyl (C=O) groups excluding carboxylic acids is 1. The van der Waals surface area contributed by atoms with E-state index in [4.69, 9.17) is 9.26 Å². The third-order valence-corrected chi connectivity index (χ3v) is 7.34. The number of aryl methyl sites for hydroxylation is 1. The number of nitrogens with zero attached hydrogens (tertiary/aromatic N) is 1. The first-order valence-corrected chi connectivity index (χ1v) is 12.5. The van der Waals surface area contributed by atoms with Crippen LogP contribution < -0.4 is 15.4 Å². The quantitative estimate of drug-likeness (QED) is 0.433. The van der Waals surface area contributed by atoms with E-state index >= 15 is 0 Å². The van der Waals surface area contributed by atoms with Gasteiger partial charge in [0.2, 0.25) is 5.76 Å². The summed E-state index contributed by atoms with van der Waals surface area (Å²) in [4.78, 5) is 12.7. The fourth-order valence-corrected chi connectivity index (χ4v) is 5.13. The monoisotopic (exact) mass is 475 g/mol. The third-order valence-electron chi connectivity index (χ3n) is 7.34. The van der Waals surface area contributed by atoms with Crippen molar-refractivity contribution >= 4 is 5.91 Å². The van der Waals surface area contributed by atoms with Crippen LogP contribution in [0.3, 0.4) is 0 Å². The van der Waals surface area contributed by atoms with Gasteiger partial charge >= 0.3 is 0 Å². The minimum atomic E-state index is -0.805. The predicted octanol–water partition coefficient (Wildman–Crippen LogP) is 3.98. The lowest BCUT2D eigenvalue weighted by Crippen LogP contribution is -2.52. The van der Waals surface area contributed by atoms with E-state index in [1.54, 1.807) is 0 Å². The number of fused-ring (bicyclic) bond motifs is 1. The lowest BCUT2D eigenvalue weighted by molar-refractivity contribution is -0.0382. The lowest BCUT2D eigenvalue weighted by Gasteiger charge is -2.48. The summed E-state index contributed by atoms with van der Waals surface area (Å²) in [5.41, 5.74) is 3.35. The van der Waals surface area contributed by atoms with Gasteiger partial charge in [-0.15, -0.1) is 0 Å². The number of aliphatic hydroxyl groups is 1. The molecule has 7 heteroatoms. The zero-order valence-electron chi connectivity index (χ0n) is 20.1. The van der Waals surface area contributed by atoms with Gasteiger partial charge in [-0.2, -0.15) is 0 Å². The summed E-state index contributed by atoms with van der Waals surface area (Å²) < 4.78 is 11.4. The van der Waals surface area contributed by atoms with Crippen LogP contribution in [0.2, 0.25) is 0 Å². The number of nitrogens with one attached hydrogen (secondary N) is 2. The van der Waals surface area contributed by atoms with Gasteiger partial charge in [0.15, 0.2) is 0 Å². The first kappa shape index (κ1) is 23.6. The number of ether oxygens (including phenoxy) is 1. The molecular weight excluding hydrogens is 442 g/mol. The first-order valence-electron chi connectivity index (χ1n) is 12.5. The molecule has 1 aliphatic heterocycles. The minimum Gasteiger partial charge on any atom is -0.487 e. The Morgan fingerprint density at radius 2 is 2.00 bits per heavy atom. The summed E-state index contributed by atoms with van der Waals surface area (Å²) in [6.07, 6.45) is 6.28. The van der Waals surface area contributed by atoms with Crippen LogP contribution >= 0.6 is 0 Å². The van der Waals surface area contributed by atoms with E-state index in [-0.39, 0.29) is 23.3 Å². The number of aromatic nitrogens is 1. The third kappa shape index (κ3) is 5.26. The Hall–Kier alpha value is -3.16. The molecular formula is C28H33N3O4. The molecule has 0 bridgehead atoms. The van der Waals surface area contributed by atoms with Gasteiger partial charge in [0.1, 0.15) is 11.4 Å². The molecule has 1 aromatic heterocycles. The molecule has 184 valence electrons. The molecule has 3 aromatic rings. The maximum absolute atomic E-state index is 12.7. The fourth-order valence-electron chi connectivity index (χ4n) is 5.13. The molecule has 0 radical (unpaired) electrons. The average molecular weight is 476 g/mol. The van der Waals surface area contributed by atoms with Gasteiger partial charge in [-0.3, -0.25) is 4.79 Å². The van der Waals surface area contributed by atoms with E-state index in [1.807, 2.05) is 30.3 Å². The summed E-state index contributed by atoms with van der Waals surface area (Å²) in [6, 6.07) is 17.4. The molecule has 7 nitrogen and oxygen atoms in total. The molecule has 3 atom stereocenters. The number of rotatable bonds is 9. The number of hydrogen-bond donors (Lipinski definition) is 3. The van der Waals surface area contributed by atoms with Crippen molar-refractivity contribution in [1.29, 1.82) is 0 Å². The Morgan fingerprint density at radius 1 is 1.17 bits per heavy atom. The lowest BCUT2D eigenvalue weighted by atomic mass is 9.72. The summed E-state index contributed by atoms with van der Waals surface area (Å²) in [5, 5.41) is 21.4. The Morgan fingerprint density at radius 3 is 2.69 bits per heavy atom. The van der Waals surface area contributed by atoms with Crippen LogP contribution in [0.15, 0.2) is 65.3 Å². The second-order valence-corrected chi connectivity index (χ2v) is 9.74. The van der Waals surface area contributed by atoms with Crippen LogP contribution in [0, 0.1) is 0 Å². The van der Waals surface area contributed by atoms with Crippen LogP contribution in [0.4, 0.5) is 0 Å². The van der Waals surface area contributed by atoms with Crippen molar-refractivity contribution in [3.05, 3.63) is 83.2 Å². The molecule has 3 N–H and O–H groups in total. The van der Waals surface area contributed by atoms with E-state index < -0.39 is 12.1 Å². The predicted molar refractivity (Wildman–Crippen MR) is 132 cm³/mol. The maximum Gasteiger partial charge on any atom is 0.290 e. The first-order chi connectivity index (χ1) is 17.0. The zero-order valence-corrected chi connectivity index (χ0v) is 20.1. The van der Waals surface area contributed by atoms with Crippen molar-refractivity contribution in [1.82, 2.24) is 15.8 Å². The van der Waals surface area contributed by atoms with Crippen LogP contribution in [-0.4, -0.2) is 40.5 Å². The van der Waals surface area contributed by atoms with Crippen molar-refractivity contribution in [2.24, 2.45) is 0 Å². The number of hydrogen-bond acceptors (Lipinski definition) is 6. The maximum atomic E-state index is 12.7. The topological polar surface area (TPSA) is 96.6 Å². The summed E-state index contributed by atoms with van der Waals surface area (Å²) in [7, 11) is 0. The average Bonchev–Trinajstić information content (AvgIpc) is 3.41. The molecule has 1 saturated carbocycles. The number of aliphatic hydroxyl groups excluding tert-OH is 1.